The molecular formula is C17H24N4O2S. The Hall–Kier alpha value is -1.86. The van der Waals surface area contributed by atoms with Crippen molar-refractivity contribution < 1.29 is 9.53 Å². The molecule has 6 nitrogen and oxygen atoms in total. The summed E-state index contributed by atoms with van der Waals surface area (Å²) >= 11 is 1.34. The zero-order valence-electron chi connectivity index (χ0n) is 14.3. The van der Waals surface area contributed by atoms with Crippen LogP contribution in [0, 0.1) is 6.92 Å². The Morgan fingerprint density at radius 3 is 2.83 bits per heavy atom. The number of thioether (sulfide) groups is 1. The minimum Gasteiger partial charge on any atom is -0.382 e. The smallest absolute Gasteiger partial charge is 0.233 e. The average Bonchev–Trinajstić information content (AvgIpc) is 3.03. The van der Waals surface area contributed by atoms with Crippen molar-refractivity contribution in [2.24, 2.45) is 0 Å². The summed E-state index contributed by atoms with van der Waals surface area (Å²) < 4.78 is 5.24. The molecule has 0 aliphatic carbocycles. The molecule has 2 N–H and O–H groups in total. The number of rotatable bonds is 9. The van der Waals surface area contributed by atoms with E-state index in [2.05, 4.69) is 20.5 Å². The number of aromatic nitrogens is 3. The molecule has 130 valence electrons. The van der Waals surface area contributed by atoms with Crippen LogP contribution in [0.15, 0.2) is 29.4 Å². The molecule has 1 heterocycles. The van der Waals surface area contributed by atoms with E-state index in [-0.39, 0.29) is 11.2 Å². The Labute approximate surface area is 146 Å². The molecule has 0 aliphatic rings. The van der Waals surface area contributed by atoms with E-state index in [1.165, 1.54) is 17.3 Å². The van der Waals surface area contributed by atoms with E-state index in [1.807, 2.05) is 45.0 Å². The van der Waals surface area contributed by atoms with Gasteiger partial charge in [-0.3, -0.25) is 9.89 Å². The fourth-order valence-corrected chi connectivity index (χ4v) is 2.77. The number of aromatic amines is 1. The Balaban J connectivity index is 1.82. The highest BCUT2D eigenvalue weighted by molar-refractivity contribution is 8.00. The van der Waals surface area contributed by atoms with Crippen LogP contribution in [0.5, 0.6) is 0 Å². The number of nitrogens with one attached hydrogen (secondary N) is 2. The molecule has 24 heavy (non-hydrogen) atoms. The van der Waals surface area contributed by atoms with Gasteiger partial charge < -0.3 is 10.1 Å². The van der Waals surface area contributed by atoms with E-state index in [1.54, 1.807) is 0 Å². The number of hydrogen-bond donors (Lipinski definition) is 2. The summed E-state index contributed by atoms with van der Waals surface area (Å²) in [5.41, 5.74) is 2.18. The van der Waals surface area contributed by atoms with E-state index in [0.29, 0.717) is 30.7 Å². The summed E-state index contributed by atoms with van der Waals surface area (Å²) in [6.07, 6.45) is 0.815. The maximum absolute atomic E-state index is 12.1. The monoisotopic (exact) mass is 348 g/mol. The van der Waals surface area contributed by atoms with Crippen molar-refractivity contribution in [1.29, 1.82) is 0 Å². The summed E-state index contributed by atoms with van der Waals surface area (Å²) in [6, 6.07) is 8.06. The summed E-state index contributed by atoms with van der Waals surface area (Å²) in [5.74, 6) is 0.694. The molecule has 1 amide bonds. The van der Waals surface area contributed by atoms with Gasteiger partial charge in [-0.25, -0.2) is 4.98 Å². The second-order valence-electron chi connectivity index (χ2n) is 5.43. The van der Waals surface area contributed by atoms with Crippen LogP contribution < -0.4 is 5.32 Å². The molecular weight excluding hydrogens is 324 g/mol. The highest BCUT2D eigenvalue weighted by atomic mass is 32.2. The Morgan fingerprint density at radius 1 is 1.38 bits per heavy atom. The van der Waals surface area contributed by atoms with Crippen LogP contribution in [0.2, 0.25) is 0 Å². The lowest BCUT2D eigenvalue weighted by Crippen LogP contribution is -2.32. The molecule has 1 aromatic heterocycles. The number of benzene rings is 1. The van der Waals surface area contributed by atoms with Crippen molar-refractivity contribution in [2.45, 2.75) is 37.6 Å². The van der Waals surface area contributed by atoms with Gasteiger partial charge in [0, 0.05) is 25.3 Å². The van der Waals surface area contributed by atoms with Gasteiger partial charge in [0.2, 0.25) is 11.1 Å². The van der Waals surface area contributed by atoms with Crippen LogP contribution in [0.3, 0.4) is 0 Å². The zero-order chi connectivity index (χ0) is 17.4. The van der Waals surface area contributed by atoms with Crippen molar-refractivity contribution in [2.75, 3.05) is 19.8 Å². The van der Waals surface area contributed by atoms with Gasteiger partial charge in [0.1, 0.15) is 0 Å². The van der Waals surface area contributed by atoms with E-state index in [9.17, 15) is 4.79 Å². The molecule has 0 bridgehead atoms. The van der Waals surface area contributed by atoms with E-state index in [0.717, 1.165) is 12.0 Å². The molecule has 1 unspecified atom stereocenters. The summed E-state index contributed by atoms with van der Waals surface area (Å²) in [6.45, 7) is 7.84. The summed E-state index contributed by atoms with van der Waals surface area (Å²) in [4.78, 5) is 16.5. The first-order valence-electron chi connectivity index (χ1n) is 8.11. The minimum atomic E-state index is -0.251. The largest absolute Gasteiger partial charge is 0.382 e. The van der Waals surface area contributed by atoms with Crippen LogP contribution >= 0.6 is 11.8 Å². The number of amides is 1. The van der Waals surface area contributed by atoms with Gasteiger partial charge >= 0.3 is 0 Å². The molecule has 0 spiro atoms. The van der Waals surface area contributed by atoms with Crippen LogP contribution in [0.1, 0.15) is 25.8 Å². The van der Waals surface area contributed by atoms with Gasteiger partial charge in [-0.1, -0.05) is 41.6 Å². The Kier molecular flexibility index (Phi) is 7.27. The zero-order valence-corrected chi connectivity index (χ0v) is 15.2. The lowest BCUT2D eigenvalue weighted by molar-refractivity contribution is -0.120. The van der Waals surface area contributed by atoms with Gasteiger partial charge in [0.15, 0.2) is 5.82 Å². The molecule has 2 rings (SSSR count). The number of aryl methyl sites for hydroxylation is 1. The highest BCUT2D eigenvalue weighted by Crippen LogP contribution is 2.22. The number of hydrogen-bond acceptors (Lipinski definition) is 5. The van der Waals surface area contributed by atoms with Crippen molar-refractivity contribution in [1.82, 2.24) is 20.5 Å². The molecule has 1 aromatic carbocycles. The standard InChI is InChI=1S/C17H24N4O2S/c1-4-23-11-5-10-18-16(22)13(3)24-17-19-15(20-21-17)14-8-6-12(2)7-9-14/h6-9,13H,4-5,10-11H2,1-3H3,(H,18,22)(H,19,20,21). The number of carbonyl (C=O) groups is 1. The predicted octanol–water partition coefficient (Wildman–Crippen LogP) is 2.80. The van der Waals surface area contributed by atoms with Crippen LogP contribution in [-0.4, -0.2) is 46.1 Å². The van der Waals surface area contributed by atoms with Crippen LogP contribution in [0.4, 0.5) is 0 Å². The third-order valence-corrected chi connectivity index (χ3v) is 4.37. The van der Waals surface area contributed by atoms with E-state index >= 15 is 0 Å². The maximum atomic E-state index is 12.1. The van der Waals surface area contributed by atoms with Crippen molar-refractivity contribution >= 4 is 17.7 Å². The summed E-state index contributed by atoms with van der Waals surface area (Å²) in [5, 5.41) is 10.3. The third kappa shape index (κ3) is 5.65. The maximum Gasteiger partial charge on any atom is 0.233 e. The molecule has 7 heteroatoms. The number of H-pyrrole nitrogens is 1. The SMILES string of the molecule is CCOCCCNC(=O)C(C)Sc1n[nH]c(-c2ccc(C)cc2)n1. The first kappa shape index (κ1) is 18.5. The molecule has 2 aromatic rings. The van der Waals surface area contributed by atoms with E-state index in [4.69, 9.17) is 4.74 Å². The van der Waals surface area contributed by atoms with Gasteiger partial charge in [-0.05, 0) is 27.2 Å². The van der Waals surface area contributed by atoms with E-state index < -0.39 is 0 Å². The topological polar surface area (TPSA) is 79.9 Å². The van der Waals surface area contributed by atoms with Gasteiger partial charge in [0.05, 0.1) is 5.25 Å². The van der Waals surface area contributed by atoms with Gasteiger partial charge in [-0.15, -0.1) is 5.10 Å². The van der Waals surface area contributed by atoms with Crippen LogP contribution in [0.25, 0.3) is 11.4 Å². The molecule has 0 radical (unpaired) electrons. The minimum absolute atomic E-state index is 0.0156. The number of nitrogens with zero attached hydrogens (tertiary/aromatic N) is 2. The molecule has 0 aliphatic heterocycles. The van der Waals surface area contributed by atoms with Crippen molar-refractivity contribution in [3.8, 4) is 11.4 Å². The second kappa shape index (κ2) is 9.44. The Morgan fingerprint density at radius 2 is 2.12 bits per heavy atom. The lowest BCUT2D eigenvalue weighted by atomic mass is 10.1. The quantitative estimate of drug-likeness (QED) is 0.538. The number of carbonyl (C=O) groups excluding carboxylic acids is 1. The lowest BCUT2D eigenvalue weighted by Gasteiger charge is -2.09. The van der Waals surface area contributed by atoms with Crippen molar-refractivity contribution in [3.63, 3.8) is 0 Å². The van der Waals surface area contributed by atoms with Gasteiger partial charge in [0.25, 0.3) is 0 Å². The Bertz CT molecular complexity index is 642. The molecule has 0 saturated carbocycles. The molecule has 0 saturated heterocycles. The fraction of sp³-hybridized carbons (Fsp3) is 0.471. The summed E-state index contributed by atoms with van der Waals surface area (Å²) in [7, 11) is 0. The molecule has 1 atom stereocenters. The molecule has 0 fully saturated rings. The predicted molar refractivity (Wildman–Crippen MR) is 96.0 cm³/mol. The second-order valence-corrected chi connectivity index (χ2v) is 6.74. The number of ether oxygens (including phenoxy) is 1. The fourth-order valence-electron chi connectivity index (χ4n) is 2.03. The average molecular weight is 348 g/mol. The highest BCUT2D eigenvalue weighted by Gasteiger charge is 2.17. The van der Waals surface area contributed by atoms with Crippen LogP contribution in [-0.2, 0) is 9.53 Å². The normalized spacial score (nSPS) is 12.1. The first-order valence-corrected chi connectivity index (χ1v) is 8.99. The third-order valence-electron chi connectivity index (χ3n) is 3.41. The first-order chi connectivity index (χ1) is 11.6. The van der Waals surface area contributed by atoms with Gasteiger partial charge in [-0.2, -0.15) is 0 Å². The van der Waals surface area contributed by atoms with Crippen molar-refractivity contribution in [3.05, 3.63) is 29.8 Å².